The number of fused-ring (bicyclic) bond motifs is 1. The van der Waals surface area contributed by atoms with Crippen LogP contribution in [0, 0.1) is 11.8 Å². The first kappa shape index (κ1) is 15.1. The summed E-state index contributed by atoms with van der Waals surface area (Å²) in [5.74, 6) is 3.62. The molecule has 3 rings (SSSR count). The van der Waals surface area contributed by atoms with Crippen molar-refractivity contribution in [3.8, 4) is 0 Å². The Labute approximate surface area is 133 Å². The molecule has 0 spiro atoms. The van der Waals surface area contributed by atoms with Crippen LogP contribution in [0.1, 0.15) is 56.7 Å². The molecule has 3 heteroatoms. The van der Waals surface area contributed by atoms with Crippen LogP contribution in [0.5, 0.6) is 0 Å². The fraction of sp³-hybridized carbons (Fsp3) is 0.722. The molecule has 0 aromatic carbocycles. The van der Waals surface area contributed by atoms with Crippen molar-refractivity contribution < 1.29 is 0 Å². The quantitative estimate of drug-likeness (QED) is 0.744. The molecule has 2 fully saturated rings. The molecular formula is C18H27ClN2. The predicted molar refractivity (Wildman–Crippen MR) is 90.1 cm³/mol. The van der Waals surface area contributed by atoms with Gasteiger partial charge in [-0.2, -0.15) is 0 Å². The van der Waals surface area contributed by atoms with Gasteiger partial charge in [0.1, 0.15) is 5.82 Å². The Morgan fingerprint density at radius 2 is 2.00 bits per heavy atom. The number of aromatic nitrogens is 1. The van der Waals surface area contributed by atoms with Crippen molar-refractivity contribution in [1.82, 2.24) is 4.98 Å². The number of aryl methyl sites for hydroxylation is 1. The minimum absolute atomic E-state index is 0.589. The molecule has 1 aromatic rings. The van der Waals surface area contributed by atoms with E-state index in [4.69, 9.17) is 16.6 Å². The van der Waals surface area contributed by atoms with Crippen LogP contribution in [-0.4, -0.2) is 18.1 Å². The van der Waals surface area contributed by atoms with E-state index in [0.29, 0.717) is 5.88 Å². The van der Waals surface area contributed by atoms with Crippen LogP contribution in [-0.2, 0) is 12.3 Å². The molecule has 2 unspecified atom stereocenters. The number of anilines is 1. The molecule has 2 heterocycles. The van der Waals surface area contributed by atoms with E-state index in [9.17, 15) is 0 Å². The Bertz CT molecular complexity index is 474. The van der Waals surface area contributed by atoms with Crippen molar-refractivity contribution in [2.75, 3.05) is 18.0 Å². The lowest BCUT2D eigenvalue weighted by Crippen LogP contribution is -2.42. The molecule has 2 nitrogen and oxygen atoms in total. The summed E-state index contributed by atoms with van der Waals surface area (Å²) in [7, 11) is 0. The summed E-state index contributed by atoms with van der Waals surface area (Å²) in [6.07, 6.45) is 9.28. The number of hydrogen-bond donors (Lipinski definition) is 0. The lowest BCUT2D eigenvalue weighted by Gasteiger charge is -2.42. The molecule has 1 aliphatic heterocycles. The summed E-state index contributed by atoms with van der Waals surface area (Å²) in [6.45, 7) is 4.59. The average molecular weight is 307 g/mol. The van der Waals surface area contributed by atoms with Crippen LogP contribution in [0.2, 0.25) is 0 Å². The van der Waals surface area contributed by atoms with Crippen LogP contribution in [0.3, 0.4) is 0 Å². The van der Waals surface area contributed by atoms with E-state index in [1.807, 2.05) is 0 Å². The number of piperidine rings is 1. The third-order valence-electron chi connectivity index (χ3n) is 5.20. The number of halogens is 1. The van der Waals surface area contributed by atoms with E-state index < -0.39 is 0 Å². The zero-order valence-corrected chi connectivity index (χ0v) is 13.9. The van der Waals surface area contributed by atoms with E-state index in [-0.39, 0.29) is 0 Å². The Kier molecular flexibility index (Phi) is 5.05. The Morgan fingerprint density at radius 1 is 1.19 bits per heavy atom. The van der Waals surface area contributed by atoms with Crippen LogP contribution in [0.25, 0.3) is 0 Å². The lowest BCUT2D eigenvalue weighted by atomic mass is 9.75. The molecule has 0 amide bonds. The second kappa shape index (κ2) is 7.00. The first-order valence-corrected chi connectivity index (χ1v) is 9.14. The molecule has 1 aromatic heterocycles. The number of nitrogens with zero attached hydrogens (tertiary/aromatic N) is 2. The van der Waals surface area contributed by atoms with Crippen molar-refractivity contribution in [2.45, 2.75) is 57.7 Å². The molecular weight excluding hydrogens is 280 g/mol. The largest absolute Gasteiger partial charge is 0.356 e. The molecule has 116 valence electrons. The highest BCUT2D eigenvalue weighted by atomic mass is 35.5. The molecule has 0 N–H and O–H groups in total. The van der Waals surface area contributed by atoms with Crippen molar-refractivity contribution in [2.24, 2.45) is 11.8 Å². The minimum Gasteiger partial charge on any atom is -0.356 e. The fourth-order valence-corrected chi connectivity index (χ4v) is 4.22. The lowest BCUT2D eigenvalue weighted by molar-refractivity contribution is 0.202. The number of rotatable bonds is 4. The molecule has 0 radical (unpaired) electrons. The molecule has 21 heavy (non-hydrogen) atoms. The van der Waals surface area contributed by atoms with E-state index in [0.717, 1.165) is 24.7 Å². The molecule has 1 aliphatic carbocycles. The first-order chi connectivity index (χ1) is 10.3. The van der Waals surface area contributed by atoms with E-state index in [1.54, 1.807) is 0 Å². The molecule has 2 aliphatic rings. The van der Waals surface area contributed by atoms with Gasteiger partial charge >= 0.3 is 0 Å². The number of alkyl halides is 1. The summed E-state index contributed by atoms with van der Waals surface area (Å²) in [5, 5.41) is 0. The maximum absolute atomic E-state index is 6.07. The molecule has 0 bridgehead atoms. The van der Waals surface area contributed by atoms with Gasteiger partial charge in [0.15, 0.2) is 0 Å². The van der Waals surface area contributed by atoms with Gasteiger partial charge in [0.25, 0.3) is 0 Å². The van der Waals surface area contributed by atoms with Crippen molar-refractivity contribution in [3.05, 3.63) is 23.4 Å². The SMILES string of the molecule is CCCc1cc(CCl)cc(N2CCC3CCCCC3C2)n1. The monoisotopic (exact) mass is 306 g/mol. The smallest absolute Gasteiger partial charge is 0.129 e. The van der Waals surface area contributed by atoms with Gasteiger partial charge in [0.2, 0.25) is 0 Å². The Balaban J connectivity index is 1.77. The topological polar surface area (TPSA) is 16.1 Å². The maximum Gasteiger partial charge on any atom is 0.129 e. The predicted octanol–water partition coefficient (Wildman–Crippen LogP) is 4.79. The zero-order valence-electron chi connectivity index (χ0n) is 13.2. The third kappa shape index (κ3) is 3.53. The van der Waals surface area contributed by atoms with Crippen molar-refractivity contribution in [1.29, 1.82) is 0 Å². The standard InChI is InChI=1S/C18H27ClN2/c1-2-5-17-10-14(12-19)11-18(20-17)21-9-8-15-6-3-4-7-16(15)13-21/h10-11,15-16H,2-9,12-13H2,1H3. The highest BCUT2D eigenvalue weighted by Crippen LogP contribution is 2.37. The third-order valence-corrected chi connectivity index (χ3v) is 5.51. The fourth-order valence-electron chi connectivity index (χ4n) is 4.07. The first-order valence-electron chi connectivity index (χ1n) is 8.61. The van der Waals surface area contributed by atoms with Crippen LogP contribution in [0.15, 0.2) is 12.1 Å². The van der Waals surface area contributed by atoms with E-state index in [1.165, 1.54) is 62.3 Å². The molecule has 2 atom stereocenters. The number of pyridine rings is 1. The highest BCUT2D eigenvalue weighted by Gasteiger charge is 2.31. The second-order valence-electron chi connectivity index (χ2n) is 6.75. The Morgan fingerprint density at radius 3 is 2.76 bits per heavy atom. The van der Waals surface area contributed by atoms with Gasteiger partial charge in [-0.15, -0.1) is 11.6 Å². The van der Waals surface area contributed by atoms with Crippen LogP contribution < -0.4 is 4.90 Å². The average Bonchev–Trinajstić information content (AvgIpc) is 2.54. The van der Waals surface area contributed by atoms with Gasteiger partial charge in [-0.25, -0.2) is 4.98 Å². The summed E-state index contributed by atoms with van der Waals surface area (Å²) in [5.41, 5.74) is 2.42. The van der Waals surface area contributed by atoms with Gasteiger partial charge in [-0.3, -0.25) is 0 Å². The van der Waals surface area contributed by atoms with E-state index >= 15 is 0 Å². The summed E-state index contributed by atoms with van der Waals surface area (Å²) >= 11 is 6.07. The summed E-state index contributed by atoms with van der Waals surface area (Å²) in [6, 6.07) is 4.38. The van der Waals surface area contributed by atoms with Crippen LogP contribution in [0.4, 0.5) is 5.82 Å². The maximum atomic E-state index is 6.07. The van der Waals surface area contributed by atoms with Gasteiger partial charge in [-0.05, 0) is 48.8 Å². The van der Waals surface area contributed by atoms with Crippen molar-refractivity contribution in [3.63, 3.8) is 0 Å². The molecule has 1 saturated heterocycles. The molecule has 1 saturated carbocycles. The Hall–Kier alpha value is -0.760. The normalized spacial score (nSPS) is 25.7. The van der Waals surface area contributed by atoms with Gasteiger partial charge in [0.05, 0.1) is 0 Å². The van der Waals surface area contributed by atoms with Gasteiger partial charge in [0, 0.05) is 24.7 Å². The van der Waals surface area contributed by atoms with Gasteiger partial charge in [-0.1, -0.05) is 32.6 Å². The zero-order chi connectivity index (χ0) is 14.7. The highest BCUT2D eigenvalue weighted by molar-refractivity contribution is 6.17. The van der Waals surface area contributed by atoms with E-state index in [2.05, 4.69) is 24.0 Å². The number of hydrogen-bond acceptors (Lipinski definition) is 2. The summed E-state index contributed by atoms with van der Waals surface area (Å²) < 4.78 is 0. The van der Waals surface area contributed by atoms with Gasteiger partial charge < -0.3 is 4.90 Å². The van der Waals surface area contributed by atoms with Crippen molar-refractivity contribution >= 4 is 17.4 Å². The minimum atomic E-state index is 0.589. The summed E-state index contributed by atoms with van der Waals surface area (Å²) in [4.78, 5) is 7.42. The second-order valence-corrected chi connectivity index (χ2v) is 7.02. The van der Waals surface area contributed by atoms with Crippen LogP contribution >= 0.6 is 11.6 Å².